The molecular formula is C13H17Cl2N. The molecule has 1 saturated carbocycles. The fraction of sp³-hybridized carbons (Fsp3) is 0.538. The Labute approximate surface area is 107 Å². The fourth-order valence-corrected chi connectivity index (χ4v) is 3.05. The van der Waals surface area contributed by atoms with Crippen LogP contribution in [0.5, 0.6) is 0 Å². The fourth-order valence-electron chi connectivity index (χ4n) is 2.52. The van der Waals surface area contributed by atoms with Gasteiger partial charge in [0.25, 0.3) is 0 Å². The Morgan fingerprint density at radius 3 is 2.44 bits per heavy atom. The third-order valence-electron chi connectivity index (χ3n) is 3.48. The van der Waals surface area contributed by atoms with Gasteiger partial charge in [-0.2, -0.15) is 0 Å². The Bertz CT molecular complexity index is 359. The lowest BCUT2D eigenvalue weighted by molar-refractivity contribution is 0.308. The Hall–Kier alpha value is -0.240. The molecule has 1 aliphatic rings. The van der Waals surface area contributed by atoms with E-state index < -0.39 is 0 Å². The molecule has 3 heteroatoms. The van der Waals surface area contributed by atoms with E-state index in [1.165, 1.54) is 32.1 Å². The average molecular weight is 258 g/mol. The van der Waals surface area contributed by atoms with Gasteiger partial charge in [0, 0.05) is 16.1 Å². The highest BCUT2D eigenvalue weighted by Crippen LogP contribution is 2.36. The van der Waals surface area contributed by atoms with Crippen LogP contribution in [0.2, 0.25) is 10.0 Å². The van der Waals surface area contributed by atoms with Crippen molar-refractivity contribution >= 4 is 23.2 Å². The van der Waals surface area contributed by atoms with Gasteiger partial charge in [0.1, 0.15) is 0 Å². The van der Waals surface area contributed by atoms with Crippen LogP contribution in [-0.4, -0.2) is 0 Å². The van der Waals surface area contributed by atoms with Gasteiger partial charge in [0.2, 0.25) is 0 Å². The maximum absolute atomic E-state index is 6.29. The van der Waals surface area contributed by atoms with E-state index in [0.29, 0.717) is 16.0 Å². The lowest BCUT2D eigenvalue weighted by atomic mass is 9.81. The number of rotatable bonds is 2. The van der Waals surface area contributed by atoms with Crippen LogP contribution in [0, 0.1) is 5.92 Å². The largest absolute Gasteiger partial charge is 0.324 e. The van der Waals surface area contributed by atoms with E-state index in [0.717, 1.165) is 5.56 Å². The van der Waals surface area contributed by atoms with Gasteiger partial charge in [-0.3, -0.25) is 0 Å². The highest BCUT2D eigenvalue weighted by Gasteiger charge is 2.23. The summed E-state index contributed by atoms with van der Waals surface area (Å²) in [7, 11) is 0. The molecule has 0 aliphatic heterocycles. The molecule has 1 aliphatic carbocycles. The van der Waals surface area contributed by atoms with E-state index in [4.69, 9.17) is 28.9 Å². The summed E-state index contributed by atoms with van der Waals surface area (Å²) in [4.78, 5) is 0. The van der Waals surface area contributed by atoms with Crippen molar-refractivity contribution in [2.75, 3.05) is 0 Å². The quantitative estimate of drug-likeness (QED) is 0.825. The predicted molar refractivity (Wildman–Crippen MR) is 70.0 cm³/mol. The highest BCUT2D eigenvalue weighted by molar-refractivity contribution is 6.35. The average Bonchev–Trinajstić information content (AvgIpc) is 2.29. The number of nitrogens with two attached hydrogens (primary N) is 1. The SMILES string of the molecule is N[C@@H](c1ccc(Cl)cc1Cl)C1CCCCC1. The van der Waals surface area contributed by atoms with Crippen molar-refractivity contribution in [1.29, 1.82) is 0 Å². The van der Waals surface area contributed by atoms with Crippen molar-refractivity contribution in [2.45, 2.75) is 38.1 Å². The van der Waals surface area contributed by atoms with Gasteiger partial charge in [-0.25, -0.2) is 0 Å². The van der Waals surface area contributed by atoms with Crippen molar-refractivity contribution in [3.63, 3.8) is 0 Å². The monoisotopic (exact) mass is 257 g/mol. The third-order valence-corrected chi connectivity index (χ3v) is 4.04. The van der Waals surface area contributed by atoms with Gasteiger partial charge < -0.3 is 5.73 Å². The molecule has 0 radical (unpaired) electrons. The summed E-state index contributed by atoms with van der Waals surface area (Å²) < 4.78 is 0. The van der Waals surface area contributed by atoms with E-state index in [2.05, 4.69) is 0 Å². The molecule has 2 N–H and O–H groups in total. The molecule has 1 nitrogen and oxygen atoms in total. The second kappa shape index (κ2) is 5.39. The van der Waals surface area contributed by atoms with Gasteiger partial charge in [-0.1, -0.05) is 48.5 Å². The third kappa shape index (κ3) is 2.71. The standard InChI is InChI=1S/C13H17Cl2N/c14-10-6-7-11(12(15)8-10)13(16)9-4-2-1-3-5-9/h6-9,13H,1-5,16H2/t13-/m1/s1. The van der Waals surface area contributed by atoms with Crippen LogP contribution < -0.4 is 5.73 Å². The first-order chi connectivity index (χ1) is 7.68. The van der Waals surface area contributed by atoms with Crippen molar-refractivity contribution < 1.29 is 0 Å². The summed E-state index contributed by atoms with van der Waals surface area (Å²) in [6.07, 6.45) is 6.38. The van der Waals surface area contributed by atoms with Crippen LogP contribution in [0.4, 0.5) is 0 Å². The summed E-state index contributed by atoms with van der Waals surface area (Å²) in [6, 6.07) is 5.67. The van der Waals surface area contributed by atoms with Crippen LogP contribution in [0.3, 0.4) is 0 Å². The van der Waals surface area contributed by atoms with Crippen molar-refractivity contribution in [3.05, 3.63) is 33.8 Å². The van der Waals surface area contributed by atoms with Gasteiger partial charge in [-0.05, 0) is 36.5 Å². The smallest absolute Gasteiger partial charge is 0.0468 e. The van der Waals surface area contributed by atoms with E-state index in [-0.39, 0.29) is 6.04 Å². The van der Waals surface area contributed by atoms with Crippen LogP contribution in [0.15, 0.2) is 18.2 Å². The topological polar surface area (TPSA) is 26.0 Å². The molecule has 1 aromatic carbocycles. The molecule has 16 heavy (non-hydrogen) atoms. The molecule has 0 aromatic heterocycles. The summed E-state index contributed by atoms with van der Waals surface area (Å²) in [6.45, 7) is 0. The minimum atomic E-state index is 0.0602. The van der Waals surface area contributed by atoms with Gasteiger partial charge >= 0.3 is 0 Å². The molecule has 0 unspecified atom stereocenters. The van der Waals surface area contributed by atoms with Crippen molar-refractivity contribution in [2.24, 2.45) is 11.7 Å². The maximum atomic E-state index is 6.29. The summed E-state index contributed by atoms with van der Waals surface area (Å²) in [5.74, 6) is 0.576. The molecule has 0 spiro atoms. The summed E-state index contributed by atoms with van der Waals surface area (Å²) >= 11 is 12.1. The van der Waals surface area contributed by atoms with Crippen LogP contribution in [0.1, 0.15) is 43.7 Å². The minimum Gasteiger partial charge on any atom is -0.324 e. The number of hydrogen-bond acceptors (Lipinski definition) is 1. The number of hydrogen-bond donors (Lipinski definition) is 1. The highest BCUT2D eigenvalue weighted by atomic mass is 35.5. The van der Waals surface area contributed by atoms with E-state index in [9.17, 15) is 0 Å². The maximum Gasteiger partial charge on any atom is 0.0468 e. The lowest BCUT2D eigenvalue weighted by Gasteiger charge is -2.28. The molecule has 0 heterocycles. The minimum absolute atomic E-state index is 0.0602. The number of halogens is 2. The van der Waals surface area contributed by atoms with Crippen LogP contribution >= 0.6 is 23.2 Å². The van der Waals surface area contributed by atoms with Crippen molar-refractivity contribution in [1.82, 2.24) is 0 Å². The van der Waals surface area contributed by atoms with E-state index in [1.807, 2.05) is 12.1 Å². The second-order valence-corrected chi connectivity index (χ2v) is 5.43. The Balaban J connectivity index is 2.15. The molecule has 2 rings (SSSR count). The summed E-state index contributed by atoms with van der Waals surface area (Å²) in [5.41, 5.74) is 7.33. The summed E-state index contributed by atoms with van der Waals surface area (Å²) in [5, 5.41) is 1.37. The molecule has 0 amide bonds. The Morgan fingerprint density at radius 1 is 1.12 bits per heavy atom. The van der Waals surface area contributed by atoms with E-state index >= 15 is 0 Å². The van der Waals surface area contributed by atoms with Gasteiger partial charge in [-0.15, -0.1) is 0 Å². The molecule has 1 atom stereocenters. The molecule has 0 saturated heterocycles. The van der Waals surface area contributed by atoms with Crippen molar-refractivity contribution in [3.8, 4) is 0 Å². The van der Waals surface area contributed by atoms with Crippen LogP contribution in [-0.2, 0) is 0 Å². The predicted octanol–water partition coefficient (Wildman–Crippen LogP) is 4.57. The molecule has 88 valence electrons. The van der Waals surface area contributed by atoms with Crippen LogP contribution in [0.25, 0.3) is 0 Å². The normalized spacial score (nSPS) is 19.7. The zero-order chi connectivity index (χ0) is 11.5. The lowest BCUT2D eigenvalue weighted by Crippen LogP contribution is -2.23. The molecule has 1 fully saturated rings. The zero-order valence-electron chi connectivity index (χ0n) is 9.26. The first kappa shape index (κ1) is 12.2. The molecule has 0 bridgehead atoms. The second-order valence-electron chi connectivity index (χ2n) is 4.59. The Morgan fingerprint density at radius 2 is 1.81 bits per heavy atom. The molecular weight excluding hydrogens is 241 g/mol. The van der Waals surface area contributed by atoms with Gasteiger partial charge in [0.05, 0.1) is 0 Å². The number of benzene rings is 1. The first-order valence-electron chi connectivity index (χ1n) is 5.89. The zero-order valence-corrected chi connectivity index (χ0v) is 10.8. The van der Waals surface area contributed by atoms with Gasteiger partial charge in [0.15, 0.2) is 0 Å². The first-order valence-corrected chi connectivity index (χ1v) is 6.64. The van der Waals surface area contributed by atoms with E-state index in [1.54, 1.807) is 6.07 Å². The Kier molecular flexibility index (Phi) is 4.12. The molecule has 1 aromatic rings.